The zero-order chi connectivity index (χ0) is 14.9. The van der Waals surface area contributed by atoms with Crippen molar-refractivity contribution in [1.29, 1.82) is 0 Å². The summed E-state index contributed by atoms with van der Waals surface area (Å²) in [7, 11) is 1.66. The zero-order valence-electron chi connectivity index (χ0n) is 11.7. The summed E-state index contributed by atoms with van der Waals surface area (Å²) in [5.74, 6) is 0.789. The molecule has 2 aromatic carbocycles. The summed E-state index contributed by atoms with van der Waals surface area (Å²) in [6, 6.07) is 9.51. The molecular formula is C16H17BrClNO. The van der Waals surface area contributed by atoms with Crippen LogP contribution in [0.3, 0.4) is 0 Å². The van der Waals surface area contributed by atoms with E-state index in [9.17, 15) is 0 Å². The Bertz CT molecular complexity index is 643. The van der Waals surface area contributed by atoms with Crippen molar-refractivity contribution in [3.8, 4) is 5.75 Å². The van der Waals surface area contributed by atoms with E-state index in [2.05, 4.69) is 15.9 Å². The fourth-order valence-corrected chi connectivity index (χ4v) is 2.76. The highest BCUT2D eigenvalue weighted by Gasteiger charge is 2.18. The van der Waals surface area contributed by atoms with Crippen LogP contribution in [0.5, 0.6) is 5.75 Å². The first-order valence-corrected chi connectivity index (χ1v) is 7.47. The number of methoxy groups -OCH3 is 1. The molecule has 0 spiro atoms. The van der Waals surface area contributed by atoms with E-state index < -0.39 is 0 Å². The van der Waals surface area contributed by atoms with E-state index in [0.29, 0.717) is 0 Å². The van der Waals surface area contributed by atoms with E-state index in [1.54, 1.807) is 7.11 Å². The lowest BCUT2D eigenvalue weighted by molar-refractivity contribution is 0.407. The highest BCUT2D eigenvalue weighted by Crippen LogP contribution is 2.35. The van der Waals surface area contributed by atoms with E-state index in [1.807, 2.05) is 44.2 Å². The molecule has 0 saturated carbocycles. The smallest absolute Gasteiger partial charge is 0.124 e. The van der Waals surface area contributed by atoms with Gasteiger partial charge in [-0.2, -0.15) is 0 Å². The second-order valence-electron chi connectivity index (χ2n) is 4.78. The monoisotopic (exact) mass is 353 g/mol. The van der Waals surface area contributed by atoms with Crippen molar-refractivity contribution in [3.05, 3.63) is 62.1 Å². The van der Waals surface area contributed by atoms with Gasteiger partial charge in [-0.05, 0) is 48.7 Å². The van der Waals surface area contributed by atoms with Gasteiger partial charge in [-0.1, -0.05) is 39.7 Å². The van der Waals surface area contributed by atoms with E-state index in [-0.39, 0.29) is 6.04 Å². The van der Waals surface area contributed by atoms with Crippen LogP contribution >= 0.6 is 27.5 Å². The first-order chi connectivity index (χ1) is 9.45. The molecule has 1 atom stereocenters. The Morgan fingerprint density at radius 3 is 2.55 bits per heavy atom. The van der Waals surface area contributed by atoms with Gasteiger partial charge in [0, 0.05) is 15.1 Å². The summed E-state index contributed by atoms with van der Waals surface area (Å²) >= 11 is 9.73. The third kappa shape index (κ3) is 2.85. The number of rotatable bonds is 3. The topological polar surface area (TPSA) is 35.2 Å². The summed E-state index contributed by atoms with van der Waals surface area (Å²) in [5.41, 5.74) is 10.5. The fourth-order valence-electron chi connectivity index (χ4n) is 2.22. The molecular weight excluding hydrogens is 338 g/mol. The molecule has 0 bridgehead atoms. The van der Waals surface area contributed by atoms with Crippen LogP contribution < -0.4 is 10.5 Å². The number of ether oxygens (including phenoxy) is 1. The van der Waals surface area contributed by atoms with Crippen molar-refractivity contribution in [2.24, 2.45) is 5.73 Å². The van der Waals surface area contributed by atoms with Gasteiger partial charge in [0.1, 0.15) is 5.75 Å². The quantitative estimate of drug-likeness (QED) is 0.861. The molecule has 0 heterocycles. The molecule has 0 aliphatic rings. The summed E-state index contributed by atoms with van der Waals surface area (Å²) in [4.78, 5) is 0. The van der Waals surface area contributed by atoms with Crippen molar-refractivity contribution in [2.75, 3.05) is 7.11 Å². The normalized spacial score (nSPS) is 12.3. The second kappa shape index (κ2) is 6.17. The van der Waals surface area contributed by atoms with Crippen LogP contribution in [0.25, 0.3) is 0 Å². The number of nitrogens with two attached hydrogens (primary N) is 1. The van der Waals surface area contributed by atoms with Gasteiger partial charge in [0.15, 0.2) is 0 Å². The lowest BCUT2D eigenvalue weighted by Crippen LogP contribution is -2.15. The van der Waals surface area contributed by atoms with Gasteiger partial charge in [-0.3, -0.25) is 0 Å². The van der Waals surface area contributed by atoms with Gasteiger partial charge >= 0.3 is 0 Å². The second-order valence-corrected chi connectivity index (χ2v) is 6.04. The predicted molar refractivity (Wildman–Crippen MR) is 87.7 cm³/mol. The molecule has 2 rings (SSSR count). The average Bonchev–Trinajstić information content (AvgIpc) is 2.43. The molecule has 0 saturated heterocycles. The summed E-state index contributed by atoms with van der Waals surface area (Å²) in [5, 5.41) is 0.725. The maximum atomic E-state index is 6.42. The molecule has 1 unspecified atom stereocenters. The molecule has 0 aliphatic carbocycles. The molecule has 0 aliphatic heterocycles. The minimum absolute atomic E-state index is 0.277. The maximum absolute atomic E-state index is 6.42. The molecule has 20 heavy (non-hydrogen) atoms. The molecule has 2 N–H and O–H groups in total. The van der Waals surface area contributed by atoms with E-state index in [4.69, 9.17) is 22.1 Å². The van der Waals surface area contributed by atoms with E-state index in [0.717, 1.165) is 37.5 Å². The number of hydrogen-bond acceptors (Lipinski definition) is 2. The first-order valence-electron chi connectivity index (χ1n) is 6.30. The fraction of sp³-hybridized carbons (Fsp3) is 0.250. The number of aryl methyl sites for hydroxylation is 1. The molecule has 0 fully saturated rings. The SMILES string of the molecule is COc1cc(C)c(Br)cc1C(N)c1cccc(Cl)c1C. The van der Waals surface area contributed by atoms with Crippen molar-refractivity contribution >= 4 is 27.5 Å². The standard InChI is InChI=1S/C16H17BrClNO/c1-9-7-15(20-3)12(8-13(9)17)16(19)11-5-4-6-14(18)10(11)2/h4-8,16H,19H2,1-3H3. The molecule has 0 radical (unpaired) electrons. The molecule has 0 amide bonds. The van der Waals surface area contributed by atoms with Gasteiger partial charge in [0.05, 0.1) is 13.2 Å². The van der Waals surface area contributed by atoms with Crippen molar-refractivity contribution in [3.63, 3.8) is 0 Å². The van der Waals surface area contributed by atoms with Crippen molar-refractivity contribution < 1.29 is 4.74 Å². The molecule has 106 valence electrons. The van der Waals surface area contributed by atoms with Crippen LogP contribution in [0.4, 0.5) is 0 Å². The van der Waals surface area contributed by atoms with Gasteiger partial charge in [-0.15, -0.1) is 0 Å². The Morgan fingerprint density at radius 1 is 1.20 bits per heavy atom. The van der Waals surface area contributed by atoms with Gasteiger partial charge < -0.3 is 10.5 Å². The van der Waals surface area contributed by atoms with E-state index in [1.165, 1.54) is 0 Å². The lowest BCUT2D eigenvalue weighted by atomic mass is 9.94. The molecule has 2 nitrogen and oxygen atoms in total. The summed E-state index contributed by atoms with van der Waals surface area (Å²) in [6.45, 7) is 4.00. The Kier molecular flexibility index (Phi) is 4.74. The minimum atomic E-state index is -0.277. The van der Waals surface area contributed by atoms with Crippen LogP contribution in [0.1, 0.15) is 28.3 Å². The van der Waals surface area contributed by atoms with Crippen LogP contribution in [-0.2, 0) is 0 Å². The van der Waals surface area contributed by atoms with Crippen LogP contribution in [0, 0.1) is 13.8 Å². The van der Waals surface area contributed by atoms with Gasteiger partial charge in [0.2, 0.25) is 0 Å². The highest BCUT2D eigenvalue weighted by molar-refractivity contribution is 9.10. The van der Waals surface area contributed by atoms with Gasteiger partial charge in [0.25, 0.3) is 0 Å². The zero-order valence-corrected chi connectivity index (χ0v) is 14.0. The Labute approximate surface area is 133 Å². The van der Waals surface area contributed by atoms with Crippen molar-refractivity contribution in [1.82, 2.24) is 0 Å². The highest BCUT2D eigenvalue weighted by atomic mass is 79.9. The number of halogens is 2. The maximum Gasteiger partial charge on any atom is 0.124 e. The third-order valence-electron chi connectivity index (χ3n) is 3.49. The predicted octanol–water partition coefficient (Wildman–Crippen LogP) is 4.78. The Morgan fingerprint density at radius 2 is 1.90 bits per heavy atom. The molecule has 0 aromatic heterocycles. The Balaban J connectivity index is 2.55. The van der Waals surface area contributed by atoms with Crippen LogP contribution in [0.2, 0.25) is 5.02 Å². The number of benzene rings is 2. The average molecular weight is 355 g/mol. The molecule has 2 aromatic rings. The molecule has 4 heteroatoms. The van der Waals surface area contributed by atoms with Crippen LogP contribution in [0.15, 0.2) is 34.8 Å². The largest absolute Gasteiger partial charge is 0.496 e. The first kappa shape index (κ1) is 15.4. The van der Waals surface area contributed by atoms with E-state index >= 15 is 0 Å². The third-order valence-corrected chi connectivity index (χ3v) is 4.75. The van der Waals surface area contributed by atoms with Gasteiger partial charge in [-0.25, -0.2) is 0 Å². The van der Waals surface area contributed by atoms with Crippen molar-refractivity contribution in [2.45, 2.75) is 19.9 Å². The summed E-state index contributed by atoms with van der Waals surface area (Å²) < 4.78 is 6.48. The number of hydrogen-bond donors (Lipinski definition) is 1. The summed E-state index contributed by atoms with van der Waals surface area (Å²) in [6.07, 6.45) is 0. The van der Waals surface area contributed by atoms with Crippen LogP contribution in [-0.4, -0.2) is 7.11 Å². The Hall–Kier alpha value is -1.03. The minimum Gasteiger partial charge on any atom is -0.496 e. The lowest BCUT2D eigenvalue weighted by Gasteiger charge is -2.19.